The van der Waals surface area contributed by atoms with Crippen molar-refractivity contribution in [2.75, 3.05) is 0 Å². The van der Waals surface area contributed by atoms with E-state index in [4.69, 9.17) is 9.47 Å². The minimum Gasteiger partial charge on any atom is -0.465 e. The summed E-state index contributed by atoms with van der Waals surface area (Å²) in [7, 11) is 4.29. The fourth-order valence-corrected chi connectivity index (χ4v) is 10.7. The van der Waals surface area contributed by atoms with Crippen LogP contribution in [0.1, 0.15) is 120 Å². The van der Waals surface area contributed by atoms with Gasteiger partial charge in [0.25, 0.3) is 0 Å². The Balaban J connectivity index is 1.11. The number of allylic oxidation sites excluding steroid dienone is 1. The van der Waals surface area contributed by atoms with Gasteiger partial charge in [-0.3, -0.25) is 0 Å². The molecule has 0 spiro atoms. The molecule has 2 unspecified atom stereocenters. The van der Waals surface area contributed by atoms with Crippen LogP contribution >= 0.6 is 0 Å². The normalized spacial score (nSPS) is 35.0. The molecule has 0 amide bonds. The van der Waals surface area contributed by atoms with E-state index >= 15 is 0 Å². The second-order valence-electron chi connectivity index (χ2n) is 17.1. The number of hydrogen-bond acceptors (Lipinski definition) is 4. The van der Waals surface area contributed by atoms with E-state index in [-0.39, 0.29) is 23.3 Å². The summed E-state index contributed by atoms with van der Waals surface area (Å²) < 4.78 is 12.5. The predicted octanol–water partition coefficient (Wildman–Crippen LogP) is 8.01. The lowest BCUT2D eigenvalue weighted by molar-refractivity contribution is -0.0656. The molecule has 4 aliphatic rings. The first-order chi connectivity index (χ1) is 22.3. The van der Waals surface area contributed by atoms with Crippen molar-refractivity contribution in [1.29, 1.82) is 0 Å². The maximum absolute atomic E-state index is 13.1. The third-order valence-corrected chi connectivity index (χ3v) is 14.1. The number of esters is 2. The number of benzene rings is 2. The first-order valence-electron chi connectivity index (χ1n) is 18.5. The van der Waals surface area contributed by atoms with Crippen LogP contribution in [0.3, 0.4) is 0 Å². The van der Waals surface area contributed by atoms with Crippen molar-refractivity contribution < 1.29 is 19.1 Å². The van der Waals surface area contributed by atoms with Crippen molar-refractivity contribution in [2.24, 2.45) is 46.3 Å². The molecule has 2 aromatic carbocycles. The highest BCUT2D eigenvalue weighted by Crippen LogP contribution is 2.68. The molecule has 47 heavy (non-hydrogen) atoms. The molecule has 9 atom stereocenters. The third kappa shape index (κ3) is 6.40. The van der Waals surface area contributed by atoms with E-state index in [1.165, 1.54) is 37.7 Å². The zero-order valence-electron chi connectivity index (χ0n) is 30.0. The molecule has 0 aromatic heterocycles. The van der Waals surface area contributed by atoms with Crippen LogP contribution in [-0.4, -0.2) is 38.6 Å². The fraction of sp³-hybridized carbons (Fsp3) is 0.610. The highest BCUT2D eigenvalue weighted by Gasteiger charge is 2.60. The Morgan fingerprint density at radius 1 is 0.872 bits per heavy atom. The first kappa shape index (κ1) is 34.1. The van der Waals surface area contributed by atoms with E-state index in [0.29, 0.717) is 34.3 Å². The molecule has 250 valence electrons. The number of fused-ring (bicyclic) bond motifs is 5. The Hall–Kier alpha value is -2.75. The Kier molecular flexibility index (Phi) is 9.39. The number of rotatable bonds is 9. The SMILES string of the molecule is BC(CC[C@@H](C)[C@H]1CC[C@H]2[C@@H]3CC=C4C[C@](B)(OC(=O)c5ccccc5)CC[C@]4(C)C3CC[C@]12C)(OC(=O)c1ccccc1)C(C)C. The van der Waals surface area contributed by atoms with Crippen LogP contribution in [0.15, 0.2) is 72.3 Å². The average molecular weight is 635 g/mol. The van der Waals surface area contributed by atoms with Gasteiger partial charge in [-0.25, -0.2) is 9.59 Å². The minimum atomic E-state index is -0.484. The summed E-state index contributed by atoms with van der Waals surface area (Å²) in [5.74, 6) is 3.35. The van der Waals surface area contributed by atoms with Gasteiger partial charge in [0, 0.05) is 6.42 Å². The molecule has 3 fully saturated rings. The maximum atomic E-state index is 13.1. The highest BCUT2D eigenvalue weighted by molar-refractivity contribution is 6.16. The van der Waals surface area contributed by atoms with Gasteiger partial charge in [0.05, 0.1) is 22.1 Å². The van der Waals surface area contributed by atoms with Gasteiger partial charge in [-0.05, 0) is 128 Å². The van der Waals surface area contributed by atoms with Crippen molar-refractivity contribution >= 4 is 27.6 Å². The van der Waals surface area contributed by atoms with E-state index in [0.717, 1.165) is 43.9 Å². The van der Waals surface area contributed by atoms with Crippen LogP contribution in [0, 0.1) is 46.3 Å². The van der Waals surface area contributed by atoms with E-state index in [9.17, 15) is 9.59 Å². The predicted molar refractivity (Wildman–Crippen MR) is 195 cm³/mol. The molecule has 4 aliphatic carbocycles. The summed E-state index contributed by atoms with van der Waals surface area (Å²) in [6.07, 6.45) is 13.9. The quantitative estimate of drug-likeness (QED) is 0.159. The Morgan fingerprint density at radius 3 is 2.15 bits per heavy atom. The van der Waals surface area contributed by atoms with E-state index in [2.05, 4.69) is 56.4 Å². The number of carbonyl (C=O) groups is 2. The van der Waals surface area contributed by atoms with E-state index in [1.54, 1.807) is 0 Å². The van der Waals surface area contributed by atoms with Crippen LogP contribution in [0.5, 0.6) is 0 Å². The molecule has 0 radical (unpaired) electrons. The Morgan fingerprint density at radius 2 is 1.51 bits per heavy atom. The van der Waals surface area contributed by atoms with Crippen molar-refractivity contribution in [2.45, 2.75) is 110 Å². The largest absolute Gasteiger partial charge is 0.465 e. The number of ether oxygens (including phenoxy) is 2. The molecule has 0 saturated heterocycles. The smallest absolute Gasteiger partial charge is 0.337 e. The number of carbonyl (C=O) groups excluding carboxylic acids is 2. The van der Waals surface area contributed by atoms with Gasteiger partial charge >= 0.3 is 11.9 Å². The molecule has 0 N–H and O–H groups in total. The molecule has 0 bridgehead atoms. The zero-order valence-corrected chi connectivity index (χ0v) is 30.0. The van der Waals surface area contributed by atoms with Gasteiger partial charge in [0.2, 0.25) is 0 Å². The van der Waals surface area contributed by atoms with Gasteiger partial charge in [-0.15, -0.1) is 0 Å². The van der Waals surface area contributed by atoms with Gasteiger partial charge in [-0.1, -0.05) is 82.7 Å². The van der Waals surface area contributed by atoms with Crippen molar-refractivity contribution in [3.63, 3.8) is 0 Å². The molecule has 2 aromatic rings. The van der Waals surface area contributed by atoms with Crippen LogP contribution in [0.2, 0.25) is 0 Å². The monoisotopic (exact) mass is 634 g/mol. The average Bonchev–Trinajstić information content (AvgIpc) is 3.42. The molecule has 6 heteroatoms. The lowest BCUT2D eigenvalue weighted by Crippen LogP contribution is -2.53. The lowest BCUT2D eigenvalue weighted by Gasteiger charge is -2.59. The highest BCUT2D eigenvalue weighted by atomic mass is 16.6. The summed E-state index contributed by atoms with van der Waals surface area (Å²) in [6.45, 7) is 12.0. The molecule has 0 aliphatic heterocycles. The van der Waals surface area contributed by atoms with Crippen LogP contribution in [0.4, 0.5) is 0 Å². The second-order valence-corrected chi connectivity index (χ2v) is 17.1. The molecule has 3 saturated carbocycles. The minimum absolute atomic E-state index is 0.200. The van der Waals surface area contributed by atoms with Crippen LogP contribution < -0.4 is 0 Å². The molecular weight excluding hydrogens is 578 g/mol. The van der Waals surface area contributed by atoms with Gasteiger partial charge in [0.15, 0.2) is 15.7 Å². The summed E-state index contributed by atoms with van der Waals surface area (Å²) in [5.41, 5.74) is 2.45. The Bertz CT molecular complexity index is 1470. The summed E-state index contributed by atoms with van der Waals surface area (Å²) in [4.78, 5) is 26.1. The third-order valence-electron chi connectivity index (χ3n) is 14.1. The first-order valence-corrected chi connectivity index (χ1v) is 18.5. The van der Waals surface area contributed by atoms with Crippen LogP contribution in [-0.2, 0) is 9.47 Å². The summed E-state index contributed by atoms with van der Waals surface area (Å²) in [6, 6.07) is 18.9. The lowest BCUT2D eigenvalue weighted by atomic mass is 9.45. The van der Waals surface area contributed by atoms with Crippen LogP contribution in [0.25, 0.3) is 0 Å². The van der Waals surface area contributed by atoms with Crippen molar-refractivity contribution in [1.82, 2.24) is 0 Å². The van der Waals surface area contributed by atoms with Crippen molar-refractivity contribution in [3.8, 4) is 0 Å². The van der Waals surface area contributed by atoms with Gasteiger partial charge in [-0.2, -0.15) is 0 Å². The number of hydrogen-bond donors (Lipinski definition) is 0. The van der Waals surface area contributed by atoms with E-state index in [1.807, 2.05) is 60.7 Å². The standard InChI is InChI=1S/C41H56B2O4/c1-27(2)41(43,47-37(45)30-14-10-7-11-15-30)23-20-28(3)33-18-19-34-32-17-16-31-26-40(42,46-36(44)29-12-8-6-9-13-29)25-24-38(31,4)35(32)21-22-39(33,34)5/h6-16,27-28,32-35H,17-26,42-43H2,1-5H3/t28-,32+,33-,34+,35?,38+,39-,40-,41?/m1/s1. The van der Waals surface area contributed by atoms with Gasteiger partial charge in [0.1, 0.15) is 0 Å². The molecule has 4 nitrogen and oxygen atoms in total. The zero-order chi connectivity index (χ0) is 33.6. The Labute approximate surface area is 285 Å². The second kappa shape index (κ2) is 12.9. The summed E-state index contributed by atoms with van der Waals surface area (Å²) in [5, 5.41) is 0. The van der Waals surface area contributed by atoms with Crippen molar-refractivity contribution in [3.05, 3.63) is 83.4 Å². The fourth-order valence-electron chi connectivity index (χ4n) is 10.7. The molecule has 6 rings (SSSR count). The van der Waals surface area contributed by atoms with Gasteiger partial charge < -0.3 is 9.47 Å². The molecule has 0 heterocycles. The molecular formula is C41H56B2O4. The maximum Gasteiger partial charge on any atom is 0.337 e. The topological polar surface area (TPSA) is 52.6 Å². The van der Waals surface area contributed by atoms with E-state index < -0.39 is 11.0 Å². The summed E-state index contributed by atoms with van der Waals surface area (Å²) >= 11 is 0.